The van der Waals surface area contributed by atoms with Crippen molar-refractivity contribution in [2.45, 2.75) is 373 Å². The fourth-order valence-corrected chi connectivity index (χ4v) is 10.3. The van der Waals surface area contributed by atoms with E-state index in [1.807, 2.05) is 0 Å². The largest absolute Gasteiger partial charge is 0.466 e. The van der Waals surface area contributed by atoms with Crippen molar-refractivity contribution in [1.29, 1.82) is 0 Å². The number of unbranched alkanes of at least 4 members (excludes halogenated alkanes) is 46. The number of aliphatic hydroxyl groups excluding tert-OH is 2. The monoisotopic (exact) mass is 1010 g/mol. The summed E-state index contributed by atoms with van der Waals surface area (Å²) < 4.78 is 5.49. The Morgan fingerprint density at radius 2 is 0.694 bits per heavy atom. The summed E-state index contributed by atoms with van der Waals surface area (Å²) in [6.07, 6.45) is 76.4. The molecule has 0 aliphatic carbocycles. The first-order valence-corrected chi connectivity index (χ1v) is 32.6. The van der Waals surface area contributed by atoms with Gasteiger partial charge in [0.25, 0.3) is 0 Å². The predicted octanol–water partition coefficient (Wildman–Crippen LogP) is 20.6. The van der Waals surface area contributed by atoms with Crippen molar-refractivity contribution in [2.75, 3.05) is 13.2 Å². The maximum atomic E-state index is 12.4. The molecule has 0 aromatic carbocycles. The Labute approximate surface area is 450 Å². The molecule has 72 heavy (non-hydrogen) atoms. The average molecular weight is 1010 g/mol. The van der Waals surface area contributed by atoms with Gasteiger partial charge in [0.15, 0.2) is 0 Å². The summed E-state index contributed by atoms with van der Waals surface area (Å²) in [7, 11) is 0. The van der Waals surface area contributed by atoms with Crippen LogP contribution in [0, 0.1) is 0 Å². The van der Waals surface area contributed by atoms with E-state index in [0.717, 1.165) is 44.9 Å². The van der Waals surface area contributed by atoms with Crippen LogP contribution in [0.1, 0.15) is 361 Å². The van der Waals surface area contributed by atoms with E-state index in [1.54, 1.807) is 0 Å². The molecule has 2 atom stereocenters. The second kappa shape index (κ2) is 61.9. The van der Waals surface area contributed by atoms with E-state index in [0.29, 0.717) is 25.9 Å². The van der Waals surface area contributed by atoms with Crippen LogP contribution >= 0.6 is 0 Å². The summed E-state index contributed by atoms with van der Waals surface area (Å²) in [5.74, 6) is -0.0206. The van der Waals surface area contributed by atoms with Gasteiger partial charge in [-0.15, -0.1) is 0 Å². The Hall–Kier alpha value is -1.66. The lowest BCUT2D eigenvalue weighted by molar-refractivity contribution is -0.143. The second-order valence-corrected chi connectivity index (χ2v) is 22.5. The Balaban J connectivity index is 3.37. The zero-order valence-corrected chi connectivity index (χ0v) is 48.7. The van der Waals surface area contributed by atoms with Crippen molar-refractivity contribution >= 4 is 11.9 Å². The molecule has 0 radical (unpaired) electrons. The quantitative estimate of drug-likeness (QED) is 0.0320. The lowest BCUT2D eigenvalue weighted by Crippen LogP contribution is -2.45. The number of aliphatic hydroxyl groups is 2. The molecule has 0 saturated carbocycles. The summed E-state index contributed by atoms with van der Waals surface area (Å²) in [5, 5.41) is 23.2. The standard InChI is InChI=1S/C66H127NO5/c1-3-5-7-9-11-13-15-16-17-34-37-40-44-48-52-56-60-66(71)72-61-57-53-49-45-41-38-35-32-30-28-26-24-22-20-18-19-21-23-25-27-29-31-33-36-39-43-47-51-55-59-65(70)67-63(62-68)64(69)58-54-50-46-42-14-12-10-8-6-4-2/h18,20,24,26,63-64,68-69H,3-17,19,21-23,25,27-62H2,1-2H3,(H,67,70)/b20-18-,26-24-. The summed E-state index contributed by atoms with van der Waals surface area (Å²) in [6, 6.07) is -0.540. The highest BCUT2D eigenvalue weighted by molar-refractivity contribution is 5.76. The van der Waals surface area contributed by atoms with E-state index in [2.05, 4.69) is 43.5 Å². The van der Waals surface area contributed by atoms with Gasteiger partial charge < -0.3 is 20.3 Å². The van der Waals surface area contributed by atoms with Crippen LogP contribution in [0.3, 0.4) is 0 Å². The van der Waals surface area contributed by atoms with Crippen LogP contribution < -0.4 is 5.32 Å². The molecule has 0 aliphatic rings. The molecule has 426 valence electrons. The molecule has 0 bridgehead atoms. The molecule has 2 unspecified atom stereocenters. The fourth-order valence-electron chi connectivity index (χ4n) is 10.3. The van der Waals surface area contributed by atoms with E-state index in [-0.39, 0.29) is 18.5 Å². The first-order chi connectivity index (χ1) is 35.5. The fraction of sp³-hybridized carbons (Fsp3) is 0.909. The van der Waals surface area contributed by atoms with Gasteiger partial charge in [-0.2, -0.15) is 0 Å². The van der Waals surface area contributed by atoms with E-state index in [9.17, 15) is 19.8 Å². The van der Waals surface area contributed by atoms with Crippen molar-refractivity contribution < 1.29 is 24.5 Å². The molecular formula is C66H127NO5. The van der Waals surface area contributed by atoms with E-state index in [1.165, 1.54) is 283 Å². The van der Waals surface area contributed by atoms with Gasteiger partial charge in [-0.3, -0.25) is 9.59 Å². The summed E-state index contributed by atoms with van der Waals surface area (Å²) >= 11 is 0. The van der Waals surface area contributed by atoms with Crippen molar-refractivity contribution in [1.82, 2.24) is 5.32 Å². The van der Waals surface area contributed by atoms with Crippen LogP contribution in [-0.4, -0.2) is 47.4 Å². The molecule has 0 aliphatic heterocycles. The van der Waals surface area contributed by atoms with Crippen LogP contribution in [0.25, 0.3) is 0 Å². The minimum absolute atomic E-state index is 0.0158. The van der Waals surface area contributed by atoms with Crippen LogP contribution in [0.4, 0.5) is 0 Å². The number of hydrogen-bond acceptors (Lipinski definition) is 5. The highest BCUT2D eigenvalue weighted by Gasteiger charge is 2.20. The van der Waals surface area contributed by atoms with E-state index < -0.39 is 12.1 Å². The number of ether oxygens (including phenoxy) is 1. The number of nitrogens with one attached hydrogen (secondary N) is 1. The van der Waals surface area contributed by atoms with Crippen LogP contribution in [-0.2, 0) is 14.3 Å². The van der Waals surface area contributed by atoms with Gasteiger partial charge in [0.05, 0.1) is 25.4 Å². The summed E-state index contributed by atoms with van der Waals surface area (Å²) in [6.45, 7) is 4.96. The van der Waals surface area contributed by atoms with E-state index in [4.69, 9.17) is 4.74 Å². The first kappa shape index (κ1) is 70.3. The minimum atomic E-state index is -0.663. The number of hydrogen-bond donors (Lipinski definition) is 3. The number of rotatable bonds is 61. The summed E-state index contributed by atoms with van der Waals surface area (Å²) in [5.41, 5.74) is 0. The number of esters is 1. The second-order valence-electron chi connectivity index (χ2n) is 22.5. The first-order valence-electron chi connectivity index (χ1n) is 32.6. The van der Waals surface area contributed by atoms with Crippen molar-refractivity contribution in [2.24, 2.45) is 0 Å². The Kier molecular flexibility index (Phi) is 60.5. The van der Waals surface area contributed by atoms with Gasteiger partial charge in [-0.1, -0.05) is 314 Å². The Bertz CT molecular complexity index is 1120. The van der Waals surface area contributed by atoms with Crippen molar-refractivity contribution in [3.63, 3.8) is 0 Å². The van der Waals surface area contributed by atoms with Gasteiger partial charge in [-0.05, 0) is 57.8 Å². The van der Waals surface area contributed by atoms with E-state index >= 15 is 0 Å². The molecule has 0 aromatic heterocycles. The highest BCUT2D eigenvalue weighted by Crippen LogP contribution is 2.18. The number of allylic oxidation sites excluding steroid dienone is 4. The highest BCUT2D eigenvalue weighted by atomic mass is 16.5. The third kappa shape index (κ3) is 57.6. The molecule has 3 N–H and O–H groups in total. The number of carbonyl (C=O) groups is 2. The minimum Gasteiger partial charge on any atom is -0.466 e. The molecule has 0 fully saturated rings. The van der Waals surface area contributed by atoms with Gasteiger partial charge in [0.1, 0.15) is 0 Å². The van der Waals surface area contributed by atoms with Gasteiger partial charge in [0, 0.05) is 12.8 Å². The molecular weight excluding hydrogens is 887 g/mol. The molecule has 6 nitrogen and oxygen atoms in total. The Morgan fingerprint density at radius 3 is 1.06 bits per heavy atom. The normalized spacial score (nSPS) is 12.7. The molecule has 0 aromatic rings. The van der Waals surface area contributed by atoms with Gasteiger partial charge in [0.2, 0.25) is 5.91 Å². The molecule has 6 heteroatoms. The van der Waals surface area contributed by atoms with Gasteiger partial charge >= 0.3 is 5.97 Å². The zero-order valence-electron chi connectivity index (χ0n) is 48.7. The lowest BCUT2D eigenvalue weighted by Gasteiger charge is -2.22. The third-order valence-corrected chi connectivity index (χ3v) is 15.3. The summed E-state index contributed by atoms with van der Waals surface area (Å²) in [4.78, 5) is 24.5. The van der Waals surface area contributed by atoms with Crippen molar-refractivity contribution in [3.8, 4) is 0 Å². The SMILES string of the molecule is CCCCCCCCCCCCCCCCCCC(=O)OCCCCCCCCCCC/C=C\C/C=C\CCCCCCCCCCCCCCCC(=O)NC(CO)C(O)CCCCCCCCCCCC. The van der Waals surface area contributed by atoms with Crippen LogP contribution in [0.2, 0.25) is 0 Å². The molecule has 0 rings (SSSR count). The molecule has 0 heterocycles. The maximum absolute atomic E-state index is 12.4. The maximum Gasteiger partial charge on any atom is 0.305 e. The average Bonchev–Trinajstić information content (AvgIpc) is 3.38. The zero-order chi connectivity index (χ0) is 52.2. The Morgan fingerprint density at radius 1 is 0.389 bits per heavy atom. The predicted molar refractivity (Wildman–Crippen MR) is 315 cm³/mol. The molecule has 0 saturated heterocycles. The van der Waals surface area contributed by atoms with Crippen LogP contribution in [0.15, 0.2) is 24.3 Å². The smallest absolute Gasteiger partial charge is 0.305 e. The molecule has 1 amide bonds. The number of amides is 1. The topological polar surface area (TPSA) is 95.9 Å². The molecule has 0 spiro atoms. The van der Waals surface area contributed by atoms with Crippen LogP contribution in [0.5, 0.6) is 0 Å². The van der Waals surface area contributed by atoms with Gasteiger partial charge in [-0.25, -0.2) is 0 Å². The third-order valence-electron chi connectivity index (χ3n) is 15.3. The number of carbonyl (C=O) groups excluding carboxylic acids is 2. The lowest BCUT2D eigenvalue weighted by atomic mass is 10.0. The van der Waals surface area contributed by atoms with Crippen molar-refractivity contribution in [3.05, 3.63) is 24.3 Å².